The number of ether oxygens (including phenoxy) is 1. The first-order chi connectivity index (χ1) is 13.3. The third-order valence-corrected chi connectivity index (χ3v) is 4.47. The molecule has 0 fully saturated rings. The maximum atomic E-state index is 12.9. The second-order valence-corrected chi connectivity index (χ2v) is 6.27. The molecule has 134 valence electrons. The van der Waals surface area contributed by atoms with Gasteiger partial charge >= 0.3 is 6.01 Å². The molecule has 1 aliphatic heterocycles. The Bertz CT molecular complexity index is 1080. The smallest absolute Gasteiger partial charge is 0.305 e. The molecule has 0 unspecified atom stereocenters. The van der Waals surface area contributed by atoms with E-state index < -0.39 is 0 Å². The molecule has 2 aromatic heterocycles. The molecule has 1 aliphatic rings. The minimum Gasteiger partial charge on any atom is -0.487 e. The molecule has 3 heterocycles. The van der Waals surface area contributed by atoms with E-state index in [2.05, 4.69) is 10.1 Å². The van der Waals surface area contributed by atoms with Crippen molar-refractivity contribution in [1.82, 2.24) is 14.8 Å². The van der Waals surface area contributed by atoms with Crippen LogP contribution in [0.25, 0.3) is 11.1 Å². The first-order valence-electron chi connectivity index (χ1n) is 8.70. The summed E-state index contributed by atoms with van der Waals surface area (Å²) in [6.45, 7) is 1.34. The monoisotopic (exact) mass is 360 g/mol. The van der Waals surface area contributed by atoms with E-state index in [9.17, 15) is 4.79 Å². The Morgan fingerprint density at radius 2 is 1.85 bits per heavy atom. The second kappa shape index (κ2) is 6.28. The van der Waals surface area contributed by atoms with Crippen molar-refractivity contribution >= 4 is 23.0 Å². The predicted molar refractivity (Wildman–Crippen MR) is 98.7 cm³/mol. The van der Waals surface area contributed by atoms with E-state index in [1.54, 1.807) is 15.6 Å². The third kappa shape index (κ3) is 2.83. The lowest BCUT2D eigenvalue weighted by molar-refractivity contribution is 0.0956. The van der Waals surface area contributed by atoms with Crippen LogP contribution < -0.4 is 9.64 Å². The van der Waals surface area contributed by atoms with Crippen molar-refractivity contribution < 1.29 is 13.9 Å². The van der Waals surface area contributed by atoms with Crippen LogP contribution in [0, 0.1) is 0 Å². The van der Waals surface area contributed by atoms with Crippen molar-refractivity contribution in [3.8, 4) is 5.75 Å². The molecular weight excluding hydrogens is 344 g/mol. The summed E-state index contributed by atoms with van der Waals surface area (Å²) in [6.07, 6.45) is 0. The number of anilines is 1. The minimum absolute atomic E-state index is 0.175. The van der Waals surface area contributed by atoms with Crippen LogP contribution >= 0.6 is 0 Å². The number of oxazole rings is 1. The van der Waals surface area contributed by atoms with Crippen molar-refractivity contribution in [3.63, 3.8) is 0 Å². The molecule has 0 atom stereocenters. The van der Waals surface area contributed by atoms with E-state index in [1.807, 2.05) is 54.6 Å². The maximum absolute atomic E-state index is 12.9. The molecule has 2 aromatic carbocycles. The van der Waals surface area contributed by atoms with E-state index in [1.165, 1.54) is 0 Å². The number of fused-ring (bicyclic) bond motifs is 2. The lowest BCUT2D eigenvalue weighted by Crippen LogP contribution is -2.40. The number of hydrogen-bond acceptors (Lipinski definition) is 5. The first kappa shape index (κ1) is 15.6. The van der Waals surface area contributed by atoms with Crippen LogP contribution in [0.2, 0.25) is 0 Å². The Hall–Kier alpha value is -3.61. The van der Waals surface area contributed by atoms with Gasteiger partial charge < -0.3 is 9.15 Å². The fourth-order valence-electron chi connectivity index (χ4n) is 3.15. The standard InChI is InChI=1S/C20H16N4O3/c25-19-17-12-14(13-26-15-6-2-1-3-7-15)22-24(17)11-10-23(19)20-21-16-8-4-5-9-18(16)27-20/h1-9,12H,10-11,13H2. The number of benzene rings is 2. The zero-order chi connectivity index (χ0) is 18.2. The normalized spacial score (nSPS) is 13.8. The molecule has 5 rings (SSSR count). The Balaban J connectivity index is 1.38. The fourth-order valence-corrected chi connectivity index (χ4v) is 3.15. The Kier molecular flexibility index (Phi) is 3.64. The summed E-state index contributed by atoms with van der Waals surface area (Å²) in [5.41, 5.74) is 2.62. The van der Waals surface area contributed by atoms with Gasteiger partial charge in [-0.25, -0.2) is 0 Å². The maximum Gasteiger partial charge on any atom is 0.305 e. The highest BCUT2D eigenvalue weighted by molar-refractivity contribution is 6.04. The van der Waals surface area contributed by atoms with Gasteiger partial charge in [0.25, 0.3) is 5.91 Å². The molecule has 0 bridgehead atoms. The van der Waals surface area contributed by atoms with Crippen molar-refractivity contribution in [2.24, 2.45) is 0 Å². The van der Waals surface area contributed by atoms with Crippen LogP contribution in [0.5, 0.6) is 5.75 Å². The SMILES string of the molecule is O=C1c2cc(COc3ccccc3)nn2CCN1c1nc2ccccc2o1. The Morgan fingerprint density at radius 1 is 1.04 bits per heavy atom. The van der Waals surface area contributed by atoms with Crippen LogP contribution in [-0.2, 0) is 13.2 Å². The number of amides is 1. The van der Waals surface area contributed by atoms with Crippen molar-refractivity contribution in [3.05, 3.63) is 72.1 Å². The zero-order valence-corrected chi connectivity index (χ0v) is 14.4. The highest BCUT2D eigenvalue weighted by Gasteiger charge is 2.30. The predicted octanol–water partition coefficient (Wildman–Crippen LogP) is 3.26. The van der Waals surface area contributed by atoms with Gasteiger partial charge in [-0.15, -0.1) is 0 Å². The number of hydrogen-bond donors (Lipinski definition) is 0. The van der Waals surface area contributed by atoms with Gasteiger partial charge in [-0.3, -0.25) is 14.4 Å². The molecular formula is C20H16N4O3. The van der Waals surface area contributed by atoms with Gasteiger partial charge in [-0.2, -0.15) is 10.1 Å². The van der Waals surface area contributed by atoms with Crippen LogP contribution in [-0.4, -0.2) is 27.2 Å². The van der Waals surface area contributed by atoms with Crippen LogP contribution in [0.1, 0.15) is 16.2 Å². The van der Waals surface area contributed by atoms with Gasteiger partial charge in [0.15, 0.2) is 5.58 Å². The number of aromatic nitrogens is 3. The average molecular weight is 360 g/mol. The largest absolute Gasteiger partial charge is 0.487 e. The third-order valence-electron chi connectivity index (χ3n) is 4.47. The van der Waals surface area contributed by atoms with Gasteiger partial charge in [0.2, 0.25) is 0 Å². The van der Waals surface area contributed by atoms with E-state index >= 15 is 0 Å². The Labute approximate surface area is 154 Å². The second-order valence-electron chi connectivity index (χ2n) is 6.27. The number of rotatable bonds is 4. The molecule has 0 saturated carbocycles. The highest BCUT2D eigenvalue weighted by atomic mass is 16.5. The average Bonchev–Trinajstić information content (AvgIpc) is 3.31. The van der Waals surface area contributed by atoms with Gasteiger partial charge in [-0.1, -0.05) is 30.3 Å². The molecule has 4 aromatic rings. The number of carbonyl (C=O) groups excluding carboxylic acids is 1. The molecule has 7 heteroatoms. The molecule has 0 radical (unpaired) electrons. The summed E-state index contributed by atoms with van der Waals surface area (Å²) in [5, 5.41) is 4.48. The number of nitrogens with zero attached hydrogens (tertiary/aromatic N) is 4. The van der Waals surface area contributed by atoms with E-state index in [4.69, 9.17) is 9.15 Å². The van der Waals surface area contributed by atoms with Crippen molar-refractivity contribution in [1.29, 1.82) is 0 Å². The van der Waals surface area contributed by atoms with Crippen molar-refractivity contribution in [2.45, 2.75) is 13.2 Å². The summed E-state index contributed by atoms with van der Waals surface area (Å²) < 4.78 is 13.2. The lowest BCUT2D eigenvalue weighted by atomic mass is 10.3. The van der Waals surface area contributed by atoms with E-state index in [0.717, 1.165) is 11.3 Å². The quantitative estimate of drug-likeness (QED) is 0.558. The highest BCUT2D eigenvalue weighted by Crippen LogP contribution is 2.25. The van der Waals surface area contributed by atoms with Crippen LogP contribution in [0.4, 0.5) is 6.01 Å². The summed E-state index contributed by atoms with van der Waals surface area (Å²) in [5.74, 6) is 0.592. The number of carbonyl (C=O) groups is 1. The van der Waals surface area contributed by atoms with Gasteiger partial charge in [0, 0.05) is 0 Å². The van der Waals surface area contributed by atoms with E-state index in [-0.39, 0.29) is 5.91 Å². The lowest BCUT2D eigenvalue weighted by Gasteiger charge is -2.23. The van der Waals surface area contributed by atoms with Gasteiger partial charge in [0.05, 0.1) is 13.1 Å². The van der Waals surface area contributed by atoms with Crippen LogP contribution in [0.3, 0.4) is 0 Å². The summed E-state index contributed by atoms with van der Waals surface area (Å²) in [4.78, 5) is 18.9. The topological polar surface area (TPSA) is 73.4 Å². The van der Waals surface area contributed by atoms with E-state index in [0.29, 0.717) is 42.7 Å². The molecule has 7 nitrogen and oxygen atoms in total. The zero-order valence-electron chi connectivity index (χ0n) is 14.4. The summed E-state index contributed by atoms with van der Waals surface area (Å²) >= 11 is 0. The summed E-state index contributed by atoms with van der Waals surface area (Å²) in [6, 6.07) is 19.1. The Morgan fingerprint density at radius 3 is 2.70 bits per heavy atom. The summed E-state index contributed by atoms with van der Waals surface area (Å²) in [7, 11) is 0. The minimum atomic E-state index is -0.175. The molecule has 27 heavy (non-hydrogen) atoms. The van der Waals surface area contributed by atoms with Gasteiger partial charge in [-0.05, 0) is 30.3 Å². The van der Waals surface area contributed by atoms with Crippen LogP contribution in [0.15, 0.2) is 65.1 Å². The first-order valence-corrected chi connectivity index (χ1v) is 8.70. The van der Waals surface area contributed by atoms with Gasteiger partial charge in [0.1, 0.15) is 29.3 Å². The molecule has 0 aliphatic carbocycles. The molecule has 1 amide bonds. The molecule has 0 spiro atoms. The van der Waals surface area contributed by atoms with Crippen molar-refractivity contribution in [2.75, 3.05) is 11.4 Å². The number of para-hydroxylation sites is 3. The molecule has 0 N–H and O–H groups in total. The fraction of sp³-hybridized carbons (Fsp3) is 0.150. The molecule has 0 saturated heterocycles.